The standard InChI is InChI=1S/C10H19NO3/c1-2-9(10(13)14)11(6-7-12)8-4-3-5-8/h8-9,12H,2-7H2,1H3,(H,13,14). The number of carboxylic acid groups (broad SMARTS) is 1. The van der Waals surface area contributed by atoms with Crippen LogP contribution >= 0.6 is 0 Å². The summed E-state index contributed by atoms with van der Waals surface area (Å²) in [6.45, 7) is 2.40. The predicted octanol–water partition coefficient (Wildman–Crippen LogP) is 0.696. The molecule has 4 heteroatoms. The fourth-order valence-electron chi connectivity index (χ4n) is 1.98. The quantitative estimate of drug-likeness (QED) is 0.664. The molecule has 0 aromatic carbocycles. The lowest BCUT2D eigenvalue weighted by atomic mass is 9.90. The van der Waals surface area contributed by atoms with Crippen molar-refractivity contribution in [2.24, 2.45) is 0 Å². The van der Waals surface area contributed by atoms with Crippen LogP contribution in [-0.2, 0) is 4.79 Å². The van der Waals surface area contributed by atoms with Gasteiger partial charge < -0.3 is 10.2 Å². The number of aliphatic carboxylic acids is 1. The Bertz CT molecular complexity index is 192. The third kappa shape index (κ3) is 2.45. The Balaban J connectivity index is 2.57. The number of aliphatic hydroxyl groups excluding tert-OH is 1. The molecule has 0 radical (unpaired) electrons. The zero-order valence-corrected chi connectivity index (χ0v) is 8.65. The molecule has 4 nitrogen and oxygen atoms in total. The second-order valence-electron chi connectivity index (χ2n) is 3.81. The van der Waals surface area contributed by atoms with Gasteiger partial charge in [0.25, 0.3) is 0 Å². The SMILES string of the molecule is CCC(C(=O)O)N(CCO)C1CCC1. The van der Waals surface area contributed by atoms with Gasteiger partial charge in [-0.05, 0) is 19.3 Å². The van der Waals surface area contributed by atoms with Crippen molar-refractivity contribution in [2.45, 2.75) is 44.7 Å². The van der Waals surface area contributed by atoms with E-state index in [4.69, 9.17) is 10.2 Å². The zero-order chi connectivity index (χ0) is 10.6. The van der Waals surface area contributed by atoms with Crippen molar-refractivity contribution in [3.05, 3.63) is 0 Å². The Hall–Kier alpha value is -0.610. The van der Waals surface area contributed by atoms with Crippen molar-refractivity contribution >= 4 is 5.97 Å². The summed E-state index contributed by atoms with van der Waals surface area (Å²) < 4.78 is 0. The molecule has 1 aliphatic carbocycles. The van der Waals surface area contributed by atoms with Gasteiger partial charge in [0.2, 0.25) is 0 Å². The Morgan fingerprint density at radius 2 is 2.21 bits per heavy atom. The smallest absolute Gasteiger partial charge is 0.320 e. The number of rotatable bonds is 6. The van der Waals surface area contributed by atoms with E-state index in [9.17, 15) is 4.79 Å². The van der Waals surface area contributed by atoms with Crippen LogP contribution in [0.15, 0.2) is 0 Å². The van der Waals surface area contributed by atoms with Crippen molar-refractivity contribution in [1.29, 1.82) is 0 Å². The van der Waals surface area contributed by atoms with Crippen LogP contribution in [0.3, 0.4) is 0 Å². The lowest BCUT2D eigenvalue weighted by molar-refractivity contribution is -0.145. The predicted molar refractivity (Wildman–Crippen MR) is 53.1 cm³/mol. The number of hydrogen-bond acceptors (Lipinski definition) is 3. The third-order valence-electron chi connectivity index (χ3n) is 2.97. The summed E-state index contributed by atoms with van der Waals surface area (Å²) in [6, 6.07) is -0.0457. The summed E-state index contributed by atoms with van der Waals surface area (Å²) in [7, 11) is 0. The van der Waals surface area contributed by atoms with Gasteiger partial charge in [-0.3, -0.25) is 9.69 Å². The molecule has 0 aromatic heterocycles. The molecule has 0 saturated heterocycles. The molecule has 14 heavy (non-hydrogen) atoms. The second kappa shape index (κ2) is 5.32. The highest BCUT2D eigenvalue weighted by Crippen LogP contribution is 2.27. The third-order valence-corrected chi connectivity index (χ3v) is 2.97. The van der Waals surface area contributed by atoms with Crippen molar-refractivity contribution in [3.63, 3.8) is 0 Å². The molecule has 0 bridgehead atoms. The zero-order valence-electron chi connectivity index (χ0n) is 8.65. The highest BCUT2D eigenvalue weighted by molar-refractivity contribution is 5.73. The second-order valence-corrected chi connectivity index (χ2v) is 3.81. The van der Waals surface area contributed by atoms with E-state index in [0.717, 1.165) is 12.8 Å². The topological polar surface area (TPSA) is 60.8 Å². The minimum atomic E-state index is -0.771. The first-order valence-corrected chi connectivity index (χ1v) is 5.30. The average Bonchev–Trinajstić information content (AvgIpc) is 2.01. The molecule has 1 fully saturated rings. The number of nitrogens with zero attached hydrogens (tertiary/aromatic N) is 1. The lowest BCUT2D eigenvalue weighted by Crippen LogP contribution is -2.51. The monoisotopic (exact) mass is 201 g/mol. The van der Waals surface area contributed by atoms with Gasteiger partial charge in [-0.15, -0.1) is 0 Å². The van der Waals surface area contributed by atoms with Gasteiger partial charge in [0, 0.05) is 12.6 Å². The maximum atomic E-state index is 11.0. The number of carbonyl (C=O) groups is 1. The van der Waals surface area contributed by atoms with Crippen LogP contribution in [0.2, 0.25) is 0 Å². The molecule has 1 aliphatic rings. The lowest BCUT2D eigenvalue weighted by Gasteiger charge is -2.40. The minimum absolute atomic E-state index is 0.0419. The van der Waals surface area contributed by atoms with Gasteiger partial charge in [-0.1, -0.05) is 13.3 Å². The Labute approximate surface area is 84.5 Å². The summed E-state index contributed by atoms with van der Waals surface area (Å²) in [5.41, 5.74) is 0. The molecule has 1 unspecified atom stereocenters. The first-order chi connectivity index (χ1) is 6.70. The van der Waals surface area contributed by atoms with Gasteiger partial charge in [0.1, 0.15) is 6.04 Å². The van der Waals surface area contributed by atoms with Crippen LogP contribution in [0.5, 0.6) is 0 Å². The van der Waals surface area contributed by atoms with Crippen molar-refractivity contribution < 1.29 is 15.0 Å². The van der Waals surface area contributed by atoms with Gasteiger partial charge in [0.05, 0.1) is 6.61 Å². The highest BCUT2D eigenvalue weighted by atomic mass is 16.4. The van der Waals surface area contributed by atoms with Crippen LogP contribution in [0.25, 0.3) is 0 Å². The Morgan fingerprint density at radius 1 is 1.57 bits per heavy atom. The first kappa shape index (κ1) is 11.5. The van der Waals surface area contributed by atoms with E-state index < -0.39 is 12.0 Å². The van der Waals surface area contributed by atoms with Gasteiger partial charge >= 0.3 is 5.97 Å². The molecule has 0 aromatic rings. The van der Waals surface area contributed by atoms with Crippen LogP contribution in [0.1, 0.15) is 32.6 Å². The van der Waals surface area contributed by atoms with Crippen LogP contribution < -0.4 is 0 Å². The summed E-state index contributed by atoms with van der Waals surface area (Å²) in [5, 5.41) is 17.9. The molecule has 0 amide bonds. The largest absolute Gasteiger partial charge is 0.480 e. The summed E-state index contributed by atoms with van der Waals surface area (Å²) in [5.74, 6) is -0.771. The van der Waals surface area contributed by atoms with E-state index in [0.29, 0.717) is 19.0 Å². The number of hydrogen-bond donors (Lipinski definition) is 2. The summed E-state index contributed by atoms with van der Waals surface area (Å²) in [4.78, 5) is 12.9. The van der Waals surface area contributed by atoms with Crippen molar-refractivity contribution in [2.75, 3.05) is 13.2 Å². The molecule has 0 heterocycles. The molecule has 82 valence electrons. The molecule has 1 rings (SSSR count). The molecular formula is C10H19NO3. The molecule has 2 N–H and O–H groups in total. The van der Waals surface area contributed by atoms with E-state index in [2.05, 4.69) is 0 Å². The average molecular weight is 201 g/mol. The van der Waals surface area contributed by atoms with E-state index >= 15 is 0 Å². The van der Waals surface area contributed by atoms with Gasteiger partial charge in [0.15, 0.2) is 0 Å². The molecule has 0 spiro atoms. The fraction of sp³-hybridized carbons (Fsp3) is 0.900. The number of aliphatic hydroxyl groups is 1. The highest BCUT2D eigenvalue weighted by Gasteiger charge is 2.32. The maximum absolute atomic E-state index is 11.0. The van der Waals surface area contributed by atoms with Crippen molar-refractivity contribution in [1.82, 2.24) is 4.90 Å². The summed E-state index contributed by atoms with van der Waals surface area (Å²) >= 11 is 0. The normalized spacial score (nSPS) is 19.4. The van der Waals surface area contributed by atoms with Crippen LogP contribution in [-0.4, -0.2) is 46.3 Å². The number of carboxylic acids is 1. The maximum Gasteiger partial charge on any atom is 0.320 e. The van der Waals surface area contributed by atoms with Gasteiger partial charge in [-0.2, -0.15) is 0 Å². The van der Waals surface area contributed by atoms with E-state index in [-0.39, 0.29) is 6.61 Å². The summed E-state index contributed by atoms with van der Waals surface area (Å²) in [6.07, 6.45) is 3.93. The van der Waals surface area contributed by atoms with E-state index in [1.54, 1.807) is 0 Å². The molecule has 1 saturated carbocycles. The van der Waals surface area contributed by atoms with Crippen molar-refractivity contribution in [3.8, 4) is 0 Å². The Morgan fingerprint density at radius 3 is 2.50 bits per heavy atom. The fourth-order valence-corrected chi connectivity index (χ4v) is 1.98. The molecule has 0 aliphatic heterocycles. The van der Waals surface area contributed by atoms with E-state index in [1.165, 1.54) is 6.42 Å². The van der Waals surface area contributed by atoms with Gasteiger partial charge in [-0.25, -0.2) is 0 Å². The Kier molecular flexibility index (Phi) is 4.35. The molecule has 1 atom stereocenters. The minimum Gasteiger partial charge on any atom is -0.480 e. The molecular weight excluding hydrogens is 182 g/mol. The van der Waals surface area contributed by atoms with E-state index in [1.807, 2.05) is 11.8 Å². The van der Waals surface area contributed by atoms with Crippen LogP contribution in [0, 0.1) is 0 Å². The first-order valence-electron chi connectivity index (χ1n) is 5.30. The van der Waals surface area contributed by atoms with Crippen LogP contribution in [0.4, 0.5) is 0 Å².